The second kappa shape index (κ2) is 7.32. The van der Waals surface area contributed by atoms with E-state index in [1.807, 2.05) is 17.8 Å². The maximum atomic E-state index is 11.5. The van der Waals surface area contributed by atoms with Gasteiger partial charge in [-0.25, -0.2) is 4.98 Å². The predicted octanol–water partition coefficient (Wildman–Crippen LogP) is 4.13. The monoisotopic (exact) mass is 394 g/mol. The Kier molecular flexibility index (Phi) is 4.85. The first kappa shape index (κ1) is 18.6. The Morgan fingerprint density at radius 1 is 1.46 bits per heavy atom. The zero-order valence-corrected chi connectivity index (χ0v) is 17.1. The maximum absolute atomic E-state index is 11.5. The van der Waals surface area contributed by atoms with E-state index in [4.69, 9.17) is 10.4 Å². The molecule has 2 aliphatic rings. The molecule has 0 spiro atoms. The van der Waals surface area contributed by atoms with Crippen molar-refractivity contribution < 1.29 is 4.79 Å². The van der Waals surface area contributed by atoms with Crippen molar-refractivity contribution in [3.05, 3.63) is 23.2 Å². The number of aliphatic imine (C=N–C) groups is 1. The molecule has 0 saturated heterocycles. The van der Waals surface area contributed by atoms with E-state index in [2.05, 4.69) is 28.3 Å². The third-order valence-electron chi connectivity index (χ3n) is 5.11. The van der Waals surface area contributed by atoms with Gasteiger partial charge in [0.25, 0.3) is 0 Å². The molecule has 3 heterocycles. The van der Waals surface area contributed by atoms with Crippen molar-refractivity contribution in [1.29, 1.82) is 5.26 Å². The van der Waals surface area contributed by atoms with E-state index < -0.39 is 0 Å². The van der Waals surface area contributed by atoms with Gasteiger partial charge >= 0.3 is 0 Å². The van der Waals surface area contributed by atoms with Crippen molar-refractivity contribution in [2.75, 3.05) is 5.32 Å². The normalized spacial score (nSPS) is 17.9. The highest BCUT2D eigenvalue weighted by atomic mass is 32.1. The number of amides is 1. The number of allylic oxidation sites excluding steroid dienone is 1. The van der Waals surface area contributed by atoms with Crippen LogP contribution in [0.2, 0.25) is 0 Å². The van der Waals surface area contributed by atoms with E-state index in [1.165, 1.54) is 23.8 Å². The summed E-state index contributed by atoms with van der Waals surface area (Å²) in [7, 11) is 0. The summed E-state index contributed by atoms with van der Waals surface area (Å²) in [6.07, 6.45) is 5.01. The SMILES string of the molecule is CC(=O)Nc1nc2c(s1)-c1c(c(C3=CN=C(C)CC3)nn1CCC#N)C(C)C2. The first-order valence-corrected chi connectivity index (χ1v) is 10.3. The molecule has 0 radical (unpaired) electrons. The van der Waals surface area contributed by atoms with E-state index in [1.54, 1.807) is 0 Å². The molecule has 1 atom stereocenters. The largest absolute Gasteiger partial charge is 0.302 e. The number of nitrogens with zero attached hydrogens (tertiary/aromatic N) is 5. The lowest BCUT2D eigenvalue weighted by atomic mass is 9.85. The molecule has 1 aliphatic carbocycles. The van der Waals surface area contributed by atoms with Gasteiger partial charge in [-0.1, -0.05) is 18.3 Å². The van der Waals surface area contributed by atoms with Crippen molar-refractivity contribution >= 4 is 33.7 Å². The zero-order chi connectivity index (χ0) is 19.8. The predicted molar refractivity (Wildman–Crippen MR) is 110 cm³/mol. The highest BCUT2D eigenvalue weighted by Gasteiger charge is 2.34. The minimum absolute atomic E-state index is 0.126. The summed E-state index contributed by atoms with van der Waals surface area (Å²) in [6, 6.07) is 2.22. The quantitative estimate of drug-likeness (QED) is 0.843. The minimum atomic E-state index is -0.126. The summed E-state index contributed by atoms with van der Waals surface area (Å²) < 4.78 is 1.95. The fourth-order valence-electron chi connectivity index (χ4n) is 3.82. The number of anilines is 1. The van der Waals surface area contributed by atoms with Gasteiger partial charge in [-0.3, -0.25) is 14.5 Å². The average Bonchev–Trinajstić information content (AvgIpc) is 3.21. The van der Waals surface area contributed by atoms with Gasteiger partial charge in [-0.2, -0.15) is 10.4 Å². The van der Waals surface area contributed by atoms with Crippen molar-refractivity contribution in [3.63, 3.8) is 0 Å². The molecular formula is C20H22N6OS. The van der Waals surface area contributed by atoms with Gasteiger partial charge < -0.3 is 5.32 Å². The second-order valence-electron chi connectivity index (χ2n) is 7.34. The lowest BCUT2D eigenvalue weighted by molar-refractivity contribution is -0.114. The topological polar surface area (TPSA) is 96.0 Å². The lowest BCUT2D eigenvalue weighted by Gasteiger charge is -2.21. The van der Waals surface area contributed by atoms with Gasteiger partial charge in [0.2, 0.25) is 5.91 Å². The van der Waals surface area contributed by atoms with Gasteiger partial charge in [0, 0.05) is 24.4 Å². The lowest BCUT2D eigenvalue weighted by Crippen LogP contribution is -2.11. The molecule has 144 valence electrons. The Morgan fingerprint density at radius 2 is 2.29 bits per heavy atom. The Hall–Kier alpha value is -2.79. The maximum Gasteiger partial charge on any atom is 0.223 e. The number of thiazole rings is 1. The molecule has 28 heavy (non-hydrogen) atoms. The average molecular weight is 395 g/mol. The zero-order valence-electron chi connectivity index (χ0n) is 16.2. The number of aryl methyl sites for hydroxylation is 1. The van der Waals surface area contributed by atoms with Crippen LogP contribution >= 0.6 is 11.3 Å². The summed E-state index contributed by atoms with van der Waals surface area (Å²) in [6.45, 7) is 6.26. The molecule has 1 N–H and O–H groups in total. The molecule has 1 aliphatic heterocycles. The number of fused-ring (bicyclic) bond motifs is 3. The Balaban J connectivity index is 1.87. The first-order valence-electron chi connectivity index (χ1n) is 9.46. The van der Waals surface area contributed by atoms with Crippen LogP contribution in [0.1, 0.15) is 62.9 Å². The van der Waals surface area contributed by atoms with Crippen molar-refractivity contribution in [2.45, 2.75) is 58.9 Å². The fraction of sp³-hybridized carbons (Fsp3) is 0.450. The highest BCUT2D eigenvalue weighted by Crippen LogP contribution is 2.47. The molecule has 2 aromatic rings. The van der Waals surface area contributed by atoms with Crippen LogP contribution in [0.5, 0.6) is 0 Å². The number of nitrogens with one attached hydrogen (secondary N) is 1. The second-order valence-corrected chi connectivity index (χ2v) is 8.34. The molecule has 8 heteroatoms. The number of hydrogen-bond acceptors (Lipinski definition) is 6. The number of rotatable bonds is 4. The number of aromatic nitrogens is 3. The van der Waals surface area contributed by atoms with Gasteiger partial charge in [0.1, 0.15) is 0 Å². The van der Waals surface area contributed by atoms with Gasteiger partial charge in [-0.15, -0.1) is 0 Å². The molecule has 1 amide bonds. The van der Waals surface area contributed by atoms with Gasteiger partial charge in [0.05, 0.1) is 41.0 Å². The summed E-state index contributed by atoms with van der Waals surface area (Å²) in [4.78, 5) is 21.7. The van der Waals surface area contributed by atoms with Crippen LogP contribution in [-0.2, 0) is 17.8 Å². The van der Waals surface area contributed by atoms with Crippen LogP contribution < -0.4 is 5.32 Å². The molecular weight excluding hydrogens is 372 g/mol. The first-order chi connectivity index (χ1) is 13.5. The standard InChI is InChI=1S/C20H22N6OS/c1-11-9-15-19(28-20(24-15)23-13(3)27)18-16(11)17(25-26(18)8-4-7-21)14-6-5-12(2)22-10-14/h10-11H,4-6,8-9H2,1-3H3,(H,23,24,27). The molecule has 4 rings (SSSR count). The van der Waals surface area contributed by atoms with Gasteiger partial charge in [-0.05, 0) is 37.7 Å². The van der Waals surface area contributed by atoms with Crippen molar-refractivity contribution in [3.8, 4) is 16.6 Å². The van der Waals surface area contributed by atoms with Crippen LogP contribution in [0.15, 0.2) is 11.2 Å². The molecule has 0 saturated carbocycles. The van der Waals surface area contributed by atoms with Crippen LogP contribution in [0, 0.1) is 11.3 Å². The van der Waals surface area contributed by atoms with Crippen LogP contribution in [0.25, 0.3) is 16.1 Å². The van der Waals surface area contributed by atoms with Gasteiger partial charge in [0.15, 0.2) is 5.13 Å². The fourth-order valence-corrected chi connectivity index (χ4v) is 4.92. The van der Waals surface area contributed by atoms with Crippen LogP contribution in [-0.4, -0.2) is 26.4 Å². The smallest absolute Gasteiger partial charge is 0.223 e. The third-order valence-corrected chi connectivity index (χ3v) is 6.13. The number of hydrogen-bond donors (Lipinski definition) is 1. The molecule has 2 aromatic heterocycles. The summed E-state index contributed by atoms with van der Waals surface area (Å²) in [5, 5.41) is 17.4. The minimum Gasteiger partial charge on any atom is -0.302 e. The Labute approximate surface area is 167 Å². The van der Waals surface area contributed by atoms with E-state index in [9.17, 15) is 4.79 Å². The van der Waals surface area contributed by atoms with Crippen LogP contribution in [0.3, 0.4) is 0 Å². The molecule has 7 nitrogen and oxygen atoms in total. The summed E-state index contributed by atoms with van der Waals surface area (Å²) in [5.41, 5.74) is 6.53. The summed E-state index contributed by atoms with van der Waals surface area (Å²) >= 11 is 1.48. The number of carbonyl (C=O) groups excluding carboxylic acids is 1. The van der Waals surface area contributed by atoms with E-state index >= 15 is 0 Å². The molecule has 0 bridgehead atoms. The van der Waals surface area contributed by atoms with E-state index in [0.717, 1.165) is 52.5 Å². The number of carbonyl (C=O) groups is 1. The third kappa shape index (κ3) is 3.27. The number of nitriles is 1. The highest BCUT2D eigenvalue weighted by molar-refractivity contribution is 7.19. The van der Waals surface area contributed by atoms with E-state index in [0.29, 0.717) is 18.1 Å². The van der Waals surface area contributed by atoms with Crippen molar-refractivity contribution in [2.24, 2.45) is 4.99 Å². The molecule has 0 fully saturated rings. The Bertz CT molecular complexity index is 1050. The summed E-state index contributed by atoms with van der Waals surface area (Å²) in [5.74, 6) is 0.132. The molecule has 0 aromatic carbocycles. The molecule has 1 unspecified atom stereocenters. The van der Waals surface area contributed by atoms with Crippen LogP contribution in [0.4, 0.5) is 5.13 Å². The Morgan fingerprint density at radius 3 is 2.96 bits per heavy atom. The van der Waals surface area contributed by atoms with Crippen molar-refractivity contribution in [1.82, 2.24) is 14.8 Å². The van der Waals surface area contributed by atoms with E-state index in [-0.39, 0.29) is 11.8 Å².